The molecule has 0 rings (SSSR count). The molecule has 0 aromatic carbocycles. The summed E-state index contributed by atoms with van der Waals surface area (Å²) in [7, 11) is 0. The maximum absolute atomic E-state index is 8.97. The molecule has 0 aliphatic heterocycles. The molecular formula is C7H16O3S. The minimum atomic E-state index is -0.458. The molecule has 1 unspecified atom stereocenters. The van der Waals surface area contributed by atoms with Crippen LogP contribution in [0.3, 0.4) is 0 Å². The molecule has 0 aliphatic carbocycles. The van der Waals surface area contributed by atoms with Gasteiger partial charge in [0.1, 0.15) is 0 Å². The molecule has 68 valence electrons. The summed E-state index contributed by atoms with van der Waals surface area (Å²) in [6.45, 7) is 4.12. The lowest BCUT2D eigenvalue weighted by atomic mass is 10.4. The third-order valence-electron chi connectivity index (χ3n) is 1.10. The van der Waals surface area contributed by atoms with Crippen LogP contribution in [-0.2, 0) is 9.47 Å². The van der Waals surface area contributed by atoms with Crippen LogP contribution in [0.5, 0.6) is 0 Å². The Hall–Kier alpha value is 0.230. The van der Waals surface area contributed by atoms with Crippen molar-refractivity contribution in [3.05, 3.63) is 0 Å². The van der Waals surface area contributed by atoms with Crippen LogP contribution in [0.1, 0.15) is 6.92 Å². The van der Waals surface area contributed by atoms with Gasteiger partial charge < -0.3 is 14.6 Å². The van der Waals surface area contributed by atoms with Crippen molar-refractivity contribution in [2.75, 3.05) is 32.2 Å². The van der Waals surface area contributed by atoms with E-state index in [0.29, 0.717) is 32.2 Å². The first-order valence-corrected chi connectivity index (χ1v) is 4.39. The number of rotatable bonds is 7. The summed E-state index contributed by atoms with van der Waals surface area (Å²) in [5, 5.41) is 8.97. The number of ether oxygens (including phenoxy) is 2. The Morgan fingerprint density at radius 3 is 2.55 bits per heavy atom. The Labute approximate surface area is 73.1 Å². The van der Waals surface area contributed by atoms with E-state index < -0.39 is 6.10 Å². The van der Waals surface area contributed by atoms with Crippen molar-refractivity contribution in [2.45, 2.75) is 13.0 Å². The van der Waals surface area contributed by atoms with Crippen LogP contribution in [0.2, 0.25) is 0 Å². The van der Waals surface area contributed by atoms with E-state index in [0.717, 1.165) is 0 Å². The zero-order chi connectivity index (χ0) is 8.53. The Balaban J connectivity index is 2.89. The molecule has 11 heavy (non-hydrogen) atoms. The fourth-order valence-corrected chi connectivity index (χ4v) is 0.640. The van der Waals surface area contributed by atoms with Crippen LogP contribution >= 0.6 is 12.6 Å². The third-order valence-corrected chi connectivity index (χ3v) is 1.52. The number of hydrogen-bond donors (Lipinski definition) is 2. The van der Waals surface area contributed by atoms with E-state index in [1.807, 2.05) is 6.92 Å². The van der Waals surface area contributed by atoms with Crippen LogP contribution in [0.4, 0.5) is 0 Å². The van der Waals surface area contributed by atoms with E-state index in [9.17, 15) is 0 Å². The highest BCUT2D eigenvalue weighted by Crippen LogP contribution is 1.88. The van der Waals surface area contributed by atoms with Gasteiger partial charge in [0.25, 0.3) is 0 Å². The molecule has 1 atom stereocenters. The molecule has 0 amide bonds. The van der Waals surface area contributed by atoms with E-state index in [1.54, 1.807) is 0 Å². The Morgan fingerprint density at radius 2 is 2.00 bits per heavy atom. The van der Waals surface area contributed by atoms with Gasteiger partial charge in [-0.05, 0) is 6.92 Å². The van der Waals surface area contributed by atoms with Crippen LogP contribution < -0.4 is 0 Å². The predicted molar refractivity (Wildman–Crippen MR) is 47.2 cm³/mol. The molecule has 1 N–H and O–H groups in total. The fourth-order valence-electron chi connectivity index (χ4n) is 0.534. The third kappa shape index (κ3) is 8.13. The minimum Gasteiger partial charge on any atom is -0.390 e. The van der Waals surface area contributed by atoms with Gasteiger partial charge in [0.05, 0.1) is 25.9 Å². The van der Waals surface area contributed by atoms with Crippen molar-refractivity contribution in [3.63, 3.8) is 0 Å². The lowest BCUT2D eigenvalue weighted by Gasteiger charge is -2.07. The monoisotopic (exact) mass is 180 g/mol. The normalized spacial score (nSPS) is 13.4. The van der Waals surface area contributed by atoms with E-state index in [-0.39, 0.29) is 0 Å². The van der Waals surface area contributed by atoms with Gasteiger partial charge in [-0.15, -0.1) is 0 Å². The Bertz CT molecular complexity index is 80.1. The highest BCUT2D eigenvalue weighted by molar-refractivity contribution is 7.80. The summed E-state index contributed by atoms with van der Waals surface area (Å²) < 4.78 is 10.1. The molecule has 0 saturated heterocycles. The lowest BCUT2D eigenvalue weighted by molar-refractivity contribution is 0.0135. The zero-order valence-corrected chi connectivity index (χ0v) is 7.72. The maximum Gasteiger partial charge on any atom is 0.0861 e. The first kappa shape index (κ1) is 11.2. The summed E-state index contributed by atoms with van der Waals surface area (Å²) in [4.78, 5) is 0. The first-order valence-electron chi connectivity index (χ1n) is 3.75. The molecule has 0 bridgehead atoms. The van der Waals surface area contributed by atoms with E-state index >= 15 is 0 Å². The minimum absolute atomic E-state index is 0.344. The van der Waals surface area contributed by atoms with Gasteiger partial charge in [-0.1, -0.05) is 0 Å². The average Bonchev–Trinajstić information content (AvgIpc) is 2.04. The van der Waals surface area contributed by atoms with Gasteiger partial charge in [0.15, 0.2) is 0 Å². The second-order valence-electron chi connectivity index (χ2n) is 2.11. The number of hydrogen-bond acceptors (Lipinski definition) is 4. The average molecular weight is 180 g/mol. The van der Waals surface area contributed by atoms with Gasteiger partial charge >= 0.3 is 0 Å². The van der Waals surface area contributed by atoms with Gasteiger partial charge in [0, 0.05) is 12.4 Å². The molecular weight excluding hydrogens is 164 g/mol. The standard InChI is InChI=1S/C7H16O3S/c1-2-9-3-4-10-5-7(8)6-11/h7-8,11H,2-6H2,1H3. The van der Waals surface area contributed by atoms with Crippen molar-refractivity contribution < 1.29 is 14.6 Å². The largest absolute Gasteiger partial charge is 0.390 e. The summed E-state index contributed by atoms with van der Waals surface area (Å²) in [5.41, 5.74) is 0. The van der Waals surface area contributed by atoms with Gasteiger partial charge in [-0.25, -0.2) is 0 Å². The number of aliphatic hydroxyl groups excluding tert-OH is 1. The fraction of sp³-hybridized carbons (Fsp3) is 1.00. The van der Waals surface area contributed by atoms with Crippen molar-refractivity contribution in [2.24, 2.45) is 0 Å². The summed E-state index contributed by atoms with van der Waals surface area (Å²) in [6, 6.07) is 0. The molecule has 3 nitrogen and oxygen atoms in total. The second-order valence-corrected chi connectivity index (χ2v) is 2.47. The maximum atomic E-state index is 8.97. The Kier molecular flexibility index (Phi) is 8.50. The molecule has 0 aromatic heterocycles. The van der Waals surface area contributed by atoms with Crippen LogP contribution in [0.15, 0.2) is 0 Å². The van der Waals surface area contributed by atoms with Gasteiger partial charge in [-0.2, -0.15) is 12.6 Å². The van der Waals surface area contributed by atoms with Crippen LogP contribution in [0.25, 0.3) is 0 Å². The van der Waals surface area contributed by atoms with Gasteiger partial charge in [0.2, 0.25) is 0 Å². The molecule has 0 aliphatic rings. The highest BCUT2D eigenvalue weighted by atomic mass is 32.1. The summed E-state index contributed by atoms with van der Waals surface area (Å²) in [5.74, 6) is 0.439. The summed E-state index contributed by atoms with van der Waals surface area (Å²) in [6.07, 6.45) is -0.458. The zero-order valence-electron chi connectivity index (χ0n) is 6.82. The first-order chi connectivity index (χ1) is 5.31. The second kappa shape index (κ2) is 8.33. The van der Waals surface area contributed by atoms with E-state index in [1.165, 1.54) is 0 Å². The van der Waals surface area contributed by atoms with Crippen molar-refractivity contribution in [3.8, 4) is 0 Å². The smallest absolute Gasteiger partial charge is 0.0861 e. The molecule has 0 saturated carbocycles. The molecule has 0 radical (unpaired) electrons. The number of thiol groups is 1. The highest BCUT2D eigenvalue weighted by Gasteiger charge is 1.99. The van der Waals surface area contributed by atoms with Crippen LogP contribution in [-0.4, -0.2) is 43.4 Å². The van der Waals surface area contributed by atoms with Gasteiger partial charge in [-0.3, -0.25) is 0 Å². The Morgan fingerprint density at radius 1 is 1.36 bits per heavy atom. The molecule has 0 aromatic rings. The van der Waals surface area contributed by atoms with E-state index in [2.05, 4.69) is 12.6 Å². The number of aliphatic hydroxyl groups is 1. The molecule has 0 heterocycles. The SMILES string of the molecule is CCOCCOCC(O)CS. The lowest BCUT2D eigenvalue weighted by Crippen LogP contribution is -2.18. The van der Waals surface area contributed by atoms with Crippen molar-refractivity contribution >= 4 is 12.6 Å². The quantitative estimate of drug-likeness (QED) is 0.438. The van der Waals surface area contributed by atoms with Crippen molar-refractivity contribution in [1.82, 2.24) is 0 Å². The van der Waals surface area contributed by atoms with E-state index in [4.69, 9.17) is 14.6 Å². The topological polar surface area (TPSA) is 38.7 Å². The summed E-state index contributed by atoms with van der Waals surface area (Å²) >= 11 is 3.90. The predicted octanol–water partition coefficient (Wildman–Crippen LogP) is 0.330. The molecule has 4 heteroatoms. The molecule has 0 fully saturated rings. The molecule has 0 spiro atoms. The van der Waals surface area contributed by atoms with Crippen LogP contribution in [0, 0.1) is 0 Å². The van der Waals surface area contributed by atoms with Crippen molar-refractivity contribution in [1.29, 1.82) is 0 Å².